The Hall–Kier alpha value is -0.600. The SMILES string of the molecule is CCC(CC)(CC)NS(=O)(=O)C(C)C#N. The Morgan fingerprint density at radius 3 is 1.93 bits per heavy atom. The van der Waals surface area contributed by atoms with Crippen molar-refractivity contribution in [3.05, 3.63) is 0 Å². The molecule has 0 fully saturated rings. The van der Waals surface area contributed by atoms with Crippen molar-refractivity contribution in [2.24, 2.45) is 0 Å². The summed E-state index contributed by atoms with van der Waals surface area (Å²) in [5.41, 5.74) is -0.399. The van der Waals surface area contributed by atoms with Gasteiger partial charge in [0, 0.05) is 5.54 Å². The van der Waals surface area contributed by atoms with E-state index in [-0.39, 0.29) is 0 Å². The monoisotopic (exact) mass is 232 g/mol. The highest BCUT2D eigenvalue weighted by atomic mass is 32.2. The fourth-order valence-electron chi connectivity index (χ4n) is 1.43. The average Bonchev–Trinajstić information content (AvgIpc) is 2.24. The molecule has 1 N–H and O–H groups in total. The number of nitrogens with zero attached hydrogens (tertiary/aromatic N) is 1. The fourth-order valence-corrected chi connectivity index (χ4v) is 2.78. The molecule has 0 saturated heterocycles. The first-order valence-corrected chi connectivity index (χ1v) is 6.84. The van der Waals surface area contributed by atoms with Crippen LogP contribution >= 0.6 is 0 Å². The van der Waals surface area contributed by atoms with E-state index in [4.69, 9.17) is 5.26 Å². The predicted octanol–water partition coefficient (Wildman–Crippen LogP) is 1.79. The second kappa shape index (κ2) is 5.47. The summed E-state index contributed by atoms with van der Waals surface area (Å²) in [6, 6.07) is 1.75. The Labute approximate surface area is 92.7 Å². The number of nitrogens with one attached hydrogen (secondary N) is 1. The molecule has 4 nitrogen and oxygen atoms in total. The number of hydrogen-bond acceptors (Lipinski definition) is 3. The molecule has 1 atom stereocenters. The van der Waals surface area contributed by atoms with E-state index in [0.29, 0.717) is 0 Å². The first-order valence-electron chi connectivity index (χ1n) is 5.29. The maximum absolute atomic E-state index is 11.7. The van der Waals surface area contributed by atoms with Gasteiger partial charge in [-0.15, -0.1) is 0 Å². The van der Waals surface area contributed by atoms with Gasteiger partial charge in [0.05, 0.1) is 6.07 Å². The molecule has 0 bridgehead atoms. The predicted molar refractivity (Wildman–Crippen MR) is 60.7 cm³/mol. The van der Waals surface area contributed by atoms with Gasteiger partial charge in [-0.3, -0.25) is 0 Å². The molecule has 0 aromatic carbocycles. The lowest BCUT2D eigenvalue weighted by atomic mass is 9.91. The third-order valence-electron chi connectivity index (χ3n) is 3.04. The molecule has 88 valence electrons. The molecule has 1 unspecified atom stereocenters. The summed E-state index contributed by atoms with van der Waals surface area (Å²) in [5.74, 6) is 0. The Bertz CT molecular complexity index is 318. The molecule has 0 aliphatic rings. The minimum atomic E-state index is -3.52. The molecule has 5 heteroatoms. The van der Waals surface area contributed by atoms with Gasteiger partial charge in [0.1, 0.15) is 0 Å². The summed E-state index contributed by atoms with van der Waals surface area (Å²) in [6.45, 7) is 7.25. The van der Waals surface area contributed by atoms with Crippen LogP contribution in [-0.4, -0.2) is 19.2 Å². The highest BCUT2D eigenvalue weighted by molar-refractivity contribution is 7.90. The van der Waals surface area contributed by atoms with Crippen LogP contribution in [0.5, 0.6) is 0 Å². The van der Waals surface area contributed by atoms with Crippen molar-refractivity contribution >= 4 is 10.0 Å². The van der Waals surface area contributed by atoms with Crippen LogP contribution in [0.1, 0.15) is 47.0 Å². The third-order valence-corrected chi connectivity index (χ3v) is 4.79. The highest BCUT2D eigenvalue weighted by Crippen LogP contribution is 2.21. The summed E-state index contributed by atoms with van der Waals surface area (Å²) < 4.78 is 26.1. The molecule has 0 rings (SSSR count). The molecular formula is C10H20N2O2S. The van der Waals surface area contributed by atoms with Crippen LogP contribution < -0.4 is 4.72 Å². The summed E-state index contributed by atoms with van der Waals surface area (Å²) in [7, 11) is -3.52. The average molecular weight is 232 g/mol. The Balaban J connectivity index is 4.92. The Morgan fingerprint density at radius 1 is 1.27 bits per heavy atom. The molecule has 0 heterocycles. The van der Waals surface area contributed by atoms with E-state index in [2.05, 4.69) is 4.72 Å². The van der Waals surface area contributed by atoms with Crippen LogP contribution in [0.15, 0.2) is 0 Å². The standard InChI is InChI=1S/C10H20N2O2S/c1-5-10(6-2,7-3)12-15(13,14)9(4)8-11/h9,12H,5-7H2,1-4H3. The molecule has 0 amide bonds. The largest absolute Gasteiger partial charge is 0.228 e. The van der Waals surface area contributed by atoms with E-state index in [0.717, 1.165) is 19.3 Å². The van der Waals surface area contributed by atoms with E-state index in [1.807, 2.05) is 20.8 Å². The van der Waals surface area contributed by atoms with Gasteiger partial charge < -0.3 is 0 Å². The zero-order chi connectivity index (χ0) is 12.1. The molecule has 0 aliphatic carbocycles. The van der Waals surface area contributed by atoms with Gasteiger partial charge in [-0.2, -0.15) is 5.26 Å². The van der Waals surface area contributed by atoms with E-state index in [1.165, 1.54) is 6.92 Å². The van der Waals surface area contributed by atoms with E-state index < -0.39 is 20.8 Å². The van der Waals surface area contributed by atoms with Crippen LogP contribution in [0, 0.1) is 11.3 Å². The maximum atomic E-state index is 11.7. The lowest BCUT2D eigenvalue weighted by Crippen LogP contribution is -2.49. The Morgan fingerprint density at radius 2 is 1.67 bits per heavy atom. The third kappa shape index (κ3) is 3.47. The minimum Gasteiger partial charge on any atom is -0.211 e. The summed E-state index contributed by atoms with van der Waals surface area (Å²) >= 11 is 0. The van der Waals surface area contributed by atoms with Crippen LogP contribution in [0.2, 0.25) is 0 Å². The second-order valence-corrected chi connectivity index (χ2v) is 5.76. The van der Waals surface area contributed by atoms with E-state index in [9.17, 15) is 8.42 Å². The lowest BCUT2D eigenvalue weighted by Gasteiger charge is -2.31. The smallest absolute Gasteiger partial charge is 0.211 e. The zero-order valence-electron chi connectivity index (χ0n) is 9.87. The van der Waals surface area contributed by atoms with Crippen LogP contribution in [0.3, 0.4) is 0 Å². The van der Waals surface area contributed by atoms with Gasteiger partial charge >= 0.3 is 0 Å². The zero-order valence-corrected chi connectivity index (χ0v) is 10.7. The van der Waals surface area contributed by atoms with Crippen molar-refractivity contribution in [2.45, 2.75) is 57.7 Å². The quantitative estimate of drug-likeness (QED) is 0.759. The van der Waals surface area contributed by atoms with Crippen molar-refractivity contribution in [1.82, 2.24) is 4.72 Å². The maximum Gasteiger partial charge on any atom is 0.228 e. The van der Waals surface area contributed by atoms with Crippen LogP contribution in [0.4, 0.5) is 0 Å². The minimum absolute atomic E-state index is 0.399. The number of hydrogen-bond donors (Lipinski definition) is 1. The van der Waals surface area contributed by atoms with Crippen LogP contribution in [-0.2, 0) is 10.0 Å². The molecule has 15 heavy (non-hydrogen) atoms. The van der Waals surface area contributed by atoms with Crippen molar-refractivity contribution in [1.29, 1.82) is 5.26 Å². The highest BCUT2D eigenvalue weighted by Gasteiger charge is 2.32. The summed E-state index contributed by atoms with van der Waals surface area (Å²) in [5, 5.41) is 7.62. The van der Waals surface area contributed by atoms with Crippen molar-refractivity contribution in [2.75, 3.05) is 0 Å². The molecule has 0 radical (unpaired) electrons. The summed E-state index contributed by atoms with van der Waals surface area (Å²) in [6.07, 6.45) is 2.20. The van der Waals surface area contributed by atoms with Gasteiger partial charge in [0.15, 0.2) is 5.25 Å². The fraction of sp³-hybridized carbons (Fsp3) is 0.900. The van der Waals surface area contributed by atoms with Crippen LogP contribution in [0.25, 0.3) is 0 Å². The van der Waals surface area contributed by atoms with Crippen molar-refractivity contribution < 1.29 is 8.42 Å². The normalized spacial score (nSPS) is 14.6. The van der Waals surface area contributed by atoms with Gasteiger partial charge in [0.25, 0.3) is 0 Å². The van der Waals surface area contributed by atoms with Gasteiger partial charge in [-0.1, -0.05) is 20.8 Å². The molecule has 0 aliphatic heterocycles. The summed E-state index contributed by atoms with van der Waals surface area (Å²) in [4.78, 5) is 0. The first-order chi connectivity index (χ1) is 6.87. The molecule has 0 saturated carbocycles. The number of sulfonamides is 1. The number of nitriles is 1. The lowest BCUT2D eigenvalue weighted by molar-refractivity contribution is 0.341. The van der Waals surface area contributed by atoms with Gasteiger partial charge in [-0.25, -0.2) is 13.1 Å². The molecule has 0 spiro atoms. The topological polar surface area (TPSA) is 70.0 Å². The van der Waals surface area contributed by atoms with E-state index in [1.54, 1.807) is 6.07 Å². The molecule has 0 aromatic heterocycles. The van der Waals surface area contributed by atoms with Gasteiger partial charge in [-0.05, 0) is 26.2 Å². The molecule has 0 aromatic rings. The van der Waals surface area contributed by atoms with Gasteiger partial charge in [0.2, 0.25) is 10.0 Å². The second-order valence-electron chi connectivity index (χ2n) is 3.76. The number of rotatable bonds is 6. The van der Waals surface area contributed by atoms with E-state index >= 15 is 0 Å². The van der Waals surface area contributed by atoms with Crippen molar-refractivity contribution in [3.63, 3.8) is 0 Å². The molecular weight excluding hydrogens is 212 g/mol. The van der Waals surface area contributed by atoms with Crippen molar-refractivity contribution in [3.8, 4) is 6.07 Å². The first kappa shape index (κ1) is 14.4. The Kier molecular flexibility index (Phi) is 5.26.